The van der Waals surface area contributed by atoms with Gasteiger partial charge in [0.05, 0.1) is 10.6 Å². The van der Waals surface area contributed by atoms with Crippen LogP contribution in [0, 0.1) is 12.7 Å². The van der Waals surface area contributed by atoms with E-state index in [9.17, 15) is 27.8 Å². The molecule has 0 bridgehead atoms. The molecule has 1 heterocycles. The van der Waals surface area contributed by atoms with Crippen molar-refractivity contribution in [1.82, 2.24) is 4.57 Å². The average Bonchev–Trinajstić information content (AvgIpc) is 2.97. The molecule has 0 aliphatic rings. The number of aliphatic carboxylic acids is 1. The molecule has 0 aliphatic heterocycles. The number of carbonyl (C=O) groups is 1. The molecule has 0 radical (unpaired) electrons. The fraction of sp³-hybridized carbons (Fsp3) is 0.150. The number of aliphatic hydroxyl groups is 1. The fourth-order valence-corrected chi connectivity index (χ4v) is 3.70. The Kier molecular flexibility index (Phi) is 5.10. The predicted octanol–water partition coefficient (Wildman–Crippen LogP) is 3.11. The minimum Gasteiger partial charge on any atom is -0.479 e. The third-order valence-electron chi connectivity index (χ3n) is 4.46. The molecule has 2 aromatic carbocycles. The molecule has 1 aromatic heterocycles. The van der Waals surface area contributed by atoms with Gasteiger partial charge in [0, 0.05) is 23.2 Å². The number of carboxylic acids is 1. The summed E-state index contributed by atoms with van der Waals surface area (Å²) >= 11 is 0. The van der Waals surface area contributed by atoms with Crippen LogP contribution in [0.25, 0.3) is 16.9 Å². The number of hydrogen-bond acceptors (Lipinski definition) is 4. The molecule has 1 unspecified atom stereocenters. The number of rotatable bonds is 5. The summed E-state index contributed by atoms with van der Waals surface area (Å²) in [6, 6.07) is 13.3. The van der Waals surface area contributed by atoms with Gasteiger partial charge in [-0.3, -0.25) is 0 Å². The molecular formula is C20H18FNO5S. The zero-order valence-corrected chi connectivity index (χ0v) is 15.9. The number of benzene rings is 2. The highest BCUT2D eigenvalue weighted by molar-refractivity contribution is 7.90. The molecule has 8 heteroatoms. The Morgan fingerprint density at radius 2 is 1.75 bits per heavy atom. The lowest BCUT2D eigenvalue weighted by Crippen LogP contribution is -2.11. The minimum absolute atomic E-state index is 0.141. The Morgan fingerprint density at radius 3 is 2.29 bits per heavy atom. The highest BCUT2D eigenvalue weighted by Gasteiger charge is 2.24. The summed E-state index contributed by atoms with van der Waals surface area (Å²) in [5, 5.41) is 19.2. The monoisotopic (exact) mass is 403 g/mol. The second-order valence-electron chi connectivity index (χ2n) is 6.42. The van der Waals surface area contributed by atoms with Gasteiger partial charge in [0.2, 0.25) is 0 Å². The molecule has 6 nitrogen and oxygen atoms in total. The Hall–Kier alpha value is -2.97. The lowest BCUT2D eigenvalue weighted by molar-refractivity contribution is -0.147. The van der Waals surface area contributed by atoms with E-state index in [1.54, 1.807) is 29.7 Å². The Balaban J connectivity index is 2.24. The predicted molar refractivity (Wildman–Crippen MR) is 102 cm³/mol. The van der Waals surface area contributed by atoms with E-state index >= 15 is 0 Å². The Morgan fingerprint density at radius 1 is 1.11 bits per heavy atom. The molecule has 0 spiro atoms. The van der Waals surface area contributed by atoms with Crippen LogP contribution in [0.15, 0.2) is 59.5 Å². The van der Waals surface area contributed by atoms with E-state index < -0.39 is 27.7 Å². The zero-order chi connectivity index (χ0) is 20.6. The maximum absolute atomic E-state index is 13.8. The van der Waals surface area contributed by atoms with Crippen LogP contribution < -0.4 is 0 Å². The van der Waals surface area contributed by atoms with Crippen molar-refractivity contribution in [2.45, 2.75) is 17.9 Å². The van der Waals surface area contributed by atoms with Crippen molar-refractivity contribution in [1.29, 1.82) is 0 Å². The van der Waals surface area contributed by atoms with Gasteiger partial charge in [-0.2, -0.15) is 0 Å². The molecule has 0 saturated carbocycles. The van der Waals surface area contributed by atoms with Crippen LogP contribution in [0.2, 0.25) is 0 Å². The van der Waals surface area contributed by atoms with E-state index in [1.165, 1.54) is 36.4 Å². The lowest BCUT2D eigenvalue weighted by Gasteiger charge is -2.13. The SMILES string of the molecule is Cc1c(C(O)C(=O)O)cc(-c2ccc(S(C)(=O)=O)cc2)n1-c1cccc(F)c1. The smallest absolute Gasteiger partial charge is 0.337 e. The van der Waals surface area contributed by atoms with Gasteiger partial charge in [-0.05, 0) is 48.9 Å². The summed E-state index contributed by atoms with van der Waals surface area (Å²) in [5.74, 6) is -1.87. The van der Waals surface area contributed by atoms with Crippen molar-refractivity contribution in [3.05, 3.63) is 71.7 Å². The van der Waals surface area contributed by atoms with Gasteiger partial charge in [0.1, 0.15) is 5.82 Å². The molecule has 28 heavy (non-hydrogen) atoms. The van der Waals surface area contributed by atoms with Gasteiger partial charge in [-0.15, -0.1) is 0 Å². The maximum Gasteiger partial charge on any atom is 0.337 e. The third kappa shape index (κ3) is 3.69. The molecule has 0 aliphatic carbocycles. The molecule has 3 aromatic rings. The summed E-state index contributed by atoms with van der Waals surface area (Å²) in [7, 11) is -3.37. The van der Waals surface area contributed by atoms with E-state index in [1.807, 2.05) is 0 Å². The van der Waals surface area contributed by atoms with Crippen LogP contribution in [0.3, 0.4) is 0 Å². The van der Waals surface area contributed by atoms with Crippen molar-refractivity contribution >= 4 is 15.8 Å². The first-order chi connectivity index (χ1) is 13.1. The lowest BCUT2D eigenvalue weighted by atomic mass is 10.1. The number of nitrogens with zero attached hydrogens (tertiary/aromatic N) is 1. The highest BCUT2D eigenvalue weighted by Crippen LogP contribution is 2.33. The van der Waals surface area contributed by atoms with E-state index in [-0.39, 0.29) is 10.5 Å². The molecule has 0 saturated heterocycles. The summed E-state index contributed by atoms with van der Waals surface area (Å²) in [4.78, 5) is 11.4. The minimum atomic E-state index is -3.37. The second kappa shape index (κ2) is 7.21. The summed E-state index contributed by atoms with van der Waals surface area (Å²) in [6.07, 6.45) is -0.646. The first kappa shape index (κ1) is 19.8. The fourth-order valence-electron chi connectivity index (χ4n) is 3.07. The van der Waals surface area contributed by atoms with Crippen molar-refractivity contribution in [3.63, 3.8) is 0 Å². The van der Waals surface area contributed by atoms with Gasteiger partial charge >= 0.3 is 5.97 Å². The van der Waals surface area contributed by atoms with Crippen molar-refractivity contribution in [2.75, 3.05) is 6.26 Å². The quantitative estimate of drug-likeness (QED) is 0.682. The standard InChI is InChI=1S/C20H18FNO5S/c1-12-17(19(23)20(24)25)11-18(22(12)15-5-3-4-14(21)10-15)13-6-8-16(9-7-13)28(2,26)27/h3-11,19,23H,1-2H3,(H,24,25). The van der Waals surface area contributed by atoms with Crippen LogP contribution in [-0.2, 0) is 14.6 Å². The van der Waals surface area contributed by atoms with Gasteiger partial charge in [0.15, 0.2) is 15.9 Å². The van der Waals surface area contributed by atoms with Gasteiger partial charge in [-0.1, -0.05) is 18.2 Å². The van der Waals surface area contributed by atoms with E-state index in [4.69, 9.17) is 0 Å². The Bertz CT molecular complexity index is 1150. The summed E-state index contributed by atoms with van der Waals surface area (Å²) in [5.41, 5.74) is 2.13. The largest absolute Gasteiger partial charge is 0.479 e. The summed E-state index contributed by atoms with van der Waals surface area (Å²) in [6.45, 7) is 1.63. The average molecular weight is 403 g/mol. The maximum atomic E-state index is 13.8. The third-order valence-corrected chi connectivity index (χ3v) is 5.59. The molecule has 2 N–H and O–H groups in total. The number of aliphatic hydroxyl groups excluding tert-OH is 1. The van der Waals surface area contributed by atoms with E-state index in [0.717, 1.165) is 6.26 Å². The first-order valence-electron chi connectivity index (χ1n) is 8.29. The number of carboxylic acid groups (broad SMARTS) is 1. The van der Waals surface area contributed by atoms with Crippen LogP contribution in [-0.4, -0.2) is 35.4 Å². The van der Waals surface area contributed by atoms with Crippen LogP contribution in [0.5, 0.6) is 0 Å². The topological polar surface area (TPSA) is 96.6 Å². The highest BCUT2D eigenvalue weighted by atomic mass is 32.2. The molecule has 0 amide bonds. The Labute approximate surface area is 161 Å². The van der Waals surface area contributed by atoms with Crippen LogP contribution in [0.1, 0.15) is 17.4 Å². The van der Waals surface area contributed by atoms with Crippen LogP contribution in [0.4, 0.5) is 4.39 Å². The summed E-state index contributed by atoms with van der Waals surface area (Å²) < 4.78 is 38.8. The molecule has 0 fully saturated rings. The molecule has 3 rings (SSSR count). The van der Waals surface area contributed by atoms with Gasteiger partial charge in [-0.25, -0.2) is 17.6 Å². The van der Waals surface area contributed by atoms with Gasteiger partial charge < -0.3 is 14.8 Å². The number of aromatic nitrogens is 1. The zero-order valence-electron chi connectivity index (χ0n) is 15.1. The van der Waals surface area contributed by atoms with E-state index in [2.05, 4.69) is 0 Å². The van der Waals surface area contributed by atoms with Crippen molar-refractivity contribution in [3.8, 4) is 16.9 Å². The molecular weight excluding hydrogens is 385 g/mol. The number of hydrogen-bond donors (Lipinski definition) is 2. The van der Waals surface area contributed by atoms with Crippen molar-refractivity contribution in [2.24, 2.45) is 0 Å². The first-order valence-corrected chi connectivity index (χ1v) is 10.2. The number of sulfone groups is 1. The normalized spacial score (nSPS) is 12.7. The second-order valence-corrected chi connectivity index (χ2v) is 8.44. The number of halogens is 1. The molecule has 1 atom stereocenters. The van der Waals surface area contributed by atoms with Gasteiger partial charge in [0.25, 0.3) is 0 Å². The van der Waals surface area contributed by atoms with Crippen LogP contribution >= 0.6 is 0 Å². The van der Waals surface area contributed by atoms with Crippen molar-refractivity contribution < 1.29 is 27.8 Å². The van der Waals surface area contributed by atoms with E-state index in [0.29, 0.717) is 22.6 Å². The molecule has 146 valence electrons.